The van der Waals surface area contributed by atoms with Crippen molar-refractivity contribution in [2.75, 3.05) is 26.4 Å². The van der Waals surface area contributed by atoms with E-state index in [9.17, 15) is 19.0 Å². The maximum Gasteiger partial charge on any atom is 0.472 e. The number of phosphoric ester groups is 1. The lowest BCUT2D eigenvalue weighted by molar-refractivity contribution is -0.161. The van der Waals surface area contributed by atoms with E-state index in [1.165, 1.54) is 109 Å². The molecule has 2 atom stereocenters. The van der Waals surface area contributed by atoms with Crippen molar-refractivity contribution in [2.45, 2.75) is 225 Å². The highest BCUT2D eigenvalue weighted by Crippen LogP contribution is 2.43. The van der Waals surface area contributed by atoms with Gasteiger partial charge in [-0.1, -0.05) is 215 Å². The monoisotopic (exact) mass is 904 g/mol. The molecule has 0 heterocycles. The lowest BCUT2D eigenvalue weighted by Crippen LogP contribution is -2.29. The number of rotatable bonds is 47. The highest BCUT2D eigenvalue weighted by molar-refractivity contribution is 7.47. The van der Waals surface area contributed by atoms with Crippen molar-refractivity contribution in [1.82, 2.24) is 0 Å². The first-order valence-corrected chi connectivity index (χ1v) is 26.9. The Kier molecular flexibility index (Phi) is 46.9. The van der Waals surface area contributed by atoms with E-state index in [4.69, 9.17) is 24.3 Å². The van der Waals surface area contributed by atoms with E-state index in [0.29, 0.717) is 6.42 Å². The smallest absolute Gasteiger partial charge is 0.462 e. The normalized spacial score (nSPS) is 13.8. The van der Waals surface area contributed by atoms with Gasteiger partial charge in [-0.05, 0) is 64.2 Å². The van der Waals surface area contributed by atoms with Gasteiger partial charge in [0.05, 0.1) is 13.2 Å². The number of esters is 2. The highest BCUT2D eigenvalue weighted by atomic mass is 31.2. The van der Waals surface area contributed by atoms with Crippen molar-refractivity contribution in [3.8, 4) is 0 Å². The second kappa shape index (κ2) is 48.9. The Bertz CT molecular complexity index is 1260. The third-order valence-corrected chi connectivity index (χ3v) is 11.6. The molecular formula is C53H94NO8P. The Balaban J connectivity index is 3.88. The van der Waals surface area contributed by atoms with Gasteiger partial charge in [0.15, 0.2) is 6.10 Å². The van der Waals surface area contributed by atoms with Crippen LogP contribution in [-0.2, 0) is 32.7 Å². The number of hydrogen-bond acceptors (Lipinski definition) is 8. The van der Waals surface area contributed by atoms with Crippen LogP contribution in [0.25, 0.3) is 0 Å². The van der Waals surface area contributed by atoms with Gasteiger partial charge >= 0.3 is 19.8 Å². The Morgan fingerprint density at radius 2 is 0.873 bits per heavy atom. The molecule has 0 aliphatic carbocycles. The standard InChI is InChI=1S/C53H94NO8P/c1-3-5-7-9-11-13-14-15-16-17-18-19-20-21-22-23-24-25-26-27-28-29-30-31-32-33-34-35-36-38-40-42-44-46-53(56)62-51(50-61-63(57,58)60-48-47-54)49-59-52(55)45-43-41-39-37-12-10-8-6-4-2/h5,7,11,13,15-16,18-19,21-22,24-25,51H,3-4,6,8-10,12,14,17,20,23,26-50,54H2,1-2H3,(H,57,58)/b7-5-,13-11-,16-15-,19-18-,22-21-,25-24-. The van der Waals surface area contributed by atoms with E-state index in [-0.39, 0.29) is 38.6 Å². The van der Waals surface area contributed by atoms with Gasteiger partial charge in [0, 0.05) is 19.4 Å². The fraction of sp³-hybridized carbons (Fsp3) is 0.736. The summed E-state index contributed by atoms with van der Waals surface area (Å²) in [5, 5.41) is 0. The third-order valence-electron chi connectivity index (χ3n) is 10.6. The van der Waals surface area contributed by atoms with Crippen molar-refractivity contribution in [1.29, 1.82) is 0 Å². The number of ether oxygens (including phenoxy) is 2. The Labute approximate surface area is 386 Å². The fourth-order valence-corrected chi connectivity index (χ4v) is 7.64. The molecule has 0 saturated heterocycles. The number of unbranched alkanes of at least 4 members (excludes halogenated alkanes) is 22. The average Bonchev–Trinajstić information content (AvgIpc) is 3.27. The van der Waals surface area contributed by atoms with Gasteiger partial charge in [0.2, 0.25) is 0 Å². The summed E-state index contributed by atoms with van der Waals surface area (Å²) in [7, 11) is -4.38. The quantitative estimate of drug-likeness (QED) is 0.0265. The molecule has 0 saturated carbocycles. The summed E-state index contributed by atoms with van der Waals surface area (Å²) in [6, 6.07) is 0. The molecular weight excluding hydrogens is 810 g/mol. The summed E-state index contributed by atoms with van der Waals surface area (Å²) in [4.78, 5) is 34.9. The van der Waals surface area contributed by atoms with Gasteiger partial charge in [-0.3, -0.25) is 18.6 Å². The lowest BCUT2D eigenvalue weighted by atomic mass is 10.0. The molecule has 0 aromatic heterocycles. The minimum atomic E-state index is -4.38. The van der Waals surface area contributed by atoms with Crippen LogP contribution in [0.5, 0.6) is 0 Å². The Morgan fingerprint density at radius 3 is 1.30 bits per heavy atom. The largest absolute Gasteiger partial charge is 0.472 e. The predicted molar refractivity (Wildman–Crippen MR) is 266 cm³/mol. The number of carbonyl (C=O) groups is 2. The summed E-state index contributed by atoms with van der Waals surface area (Å²) >= 11 is 0. The maximum atomic E-state index is 12.6. The summed E-state index contributed by atoms with van der Waals surface area (Å²) in [6.07, 6.45) is 61.1. The predicted octanol–water partition coefficient (Wildman–Crippen LogP) is 15.4. The Hall–Kier alpha value is -2.55. The molecule has 2 unspecified atom stereocenters. The molecule has 9 nitrogen and oxygen atoms in total. The second-order valence-corrected chi connectivity index (χ2v) is 18.1. The molecule has 0 spiro atoms. The van der Waals surface area contributed by atoms with E-state index >= 15 is 0 Å². The van der Waals surface area contributed by atoms with Crippen LogP contribution >= 0.6 is 7.82 Å². The second-order valence-electron chi connectivity index (χ2n) is 16.7. The molecule has 0 aromatic carbocycles. The van der Waals surface area contributed by atoms with E-state index < -0.39 is 26.5 Å². The van der Waals surface area contributed by atoms with Crippen LogP contribution in [0, 0.1) is 0 Å². The van der Waals surface area contributed by atoms with Crippen molar-refractivity contribution in [3.63, 3.8) is 0 Å². The first-order valence-electron chi connectivity index (χ1n) is 25.4. The number of nitrogens with two attached hydrogens (primary N) is 1. The van der Waals surface area contributed by atoms with Crippen LogP contribution < -0.4 is 5.73 Å². The van der Waals surface area contributed by atoms with Gasteiger partial charge in [0.25, 0.3) is 0 Å². The summed E-state index contributed by atoms with van der Waals surface area (Å²) in [6.45, 7) is 3.60. The molecule has 364 valence electrons. The van der Waals surface area contributed by atoms with Crippen LogP contribution in [-0.4, -0.2) is 49.3 Å². The number of hydrogen-bond donors (Lipinski definition) is 2. The van der Waals surface area contributed by atoms with Crippen molar-refractivity contribution in [2.24, 2.45) is 5.73 Å². The lowest BCUT2D eigenvalue weighted by Gasteiger charge is -2.19. The Morgan fingerprint density at radius 1 is 0.492 bits per heavy atom. The third kappa shape index (κ3) is 48.7. The van der Waals surface area contributed by atoms with E-state index in [0.717, 1.165) is 77.0 Å². The van der Waals surface area contributed by atoms with Crippen LogP contribution in [0.3, 0.4) is 0 Å². The highest BCUT2D eigenvalue weighted by Gasteiger charge is 2.26. The van der Waals surface area contributed by atoms with Gasteiger partial charge in [-0.15, -0.1) is 0 Å². The summed E-state index contributed by atoms with van der Waals surface area (Å²) < 4.78 is 32.8. The minimum Gasteiger partial charge on any atom is -0.462 e. The van der Waals surface area contributed by atoms with Crippen LogP contribution in [0.4, 0.5) is 0 Å². The zero-order chi connectivity index (χ0) is 46.0. The fourth-order valence-electron chi connectivity index (χ4n) is 6.87. The molecule has 0 aliphatic rings. The first-order chi connectivity index (χ1) is 30.8. The first kappa shape index (κ1) is 60.5. The van der Waals surface area contributed by atoms with Crippen molar-refractivity contribution in [3.05, 3.63) is 72.9 Å². The van der Waals surface area contributed by atoms with Crippen molar-refractivity contribution < 1.29 is 37.6 Å². The average molecular weight is 904 g/mol. The molecule has 63 heavy (non-hydrogen) atoms. The number of carbonyl (C=O) groups excluding carboxylic acids is 2. The van der Waals surface area contributed by atoms with Gasteiger partial charge in [-0.25, -0.2) is 4.57 Å². The van der Waals surface area contributed by atoms with E-state index in [1.807, 2.05) is 0 Å². The van der Waals surface area contributed by atoms with Crippen LogP contribution in [0.1, 0.15) is 219 Å². The molecule has 0 radical (unpaired) electrons. The number of allylic oxidation sites excluding steroid dienone is 12. The van der Waals surface area contributed by atoms with E-state index in [1.54, 1.807) is 0 Å². The molecule has 0 amide bonds. The zero-order valence-corrected chi connectivity index (χ0v) is 41.2. The molecule has 3 N–H and O–H groups in total. The molecule has 0 bridgehead atoms. The SMILES string of the molecule is CC/C=C\C/C=C\C/C=C\C/C=C\C/C=C\C/C=C\CCCCCCCCCCCCCCCCC(=O)OC(COC(=O)CCCCCCCCCCC)COP(=O)(O)OCCN. The topological polar surface area (TPSA) is 134 Å². The van der Waals surface area contributed by atoms with Gasteiger partial charge < -0.3 is 20.1 Å². The molecule has 0 aromatic rings. The maximum absolute atomic E-state index is 12.6. The van der Waals surface area contributed by atoms with Gasteiger partial charge in [0.1, 0.15) is 6.61 Å². The van der Waals surface area contributed by atoms with Gasteiger partial charge in [-0.2, -0.15) is 0 Å². The minimum absolute atomic E-state index is 0.0525. The summed E-state index contributed by atoms with van der Waals surface area (Å²) in [5.41, 5.74) is 5.35. The van der Waals surface area contributed by atoms with Crippen molar-refractivity contribution >= 4 is 19.8 Å². The van der Waals surface area contributed by atoms with E-state index in [2.05, 4.69) is 86.8 Å². The van der Waals surface area contributed by atoms with Crippen LogP contribution in [0.15, 0.2) is 72.9 Å². The molecule has 10 heteroatoms. The zero-order valence-electron chi connectivity index (χ0n) is 40.3. The van der Waals surface area contributed by atoms with Crippen LogP contribution in [0.2, 0.25) is 0 Å². The summed E-state index contributed by atoms with van der Waals surface area (Å²) in [5.74, 6) is -0.830. The molecule has 0 fully saturated rings. The molecule has 0 rings (SSSR count). The number of phosphoric acid groups is 1. The molecule has 0 aliphatic heterocycles.